The summed E-state index contributed by atoms with van der Waals surface area (Å²) in [6.45, 7) is 3.88. The number of carboxylic acid groups (broad SMARTS) is 1. The van der Waals surface area contributed by atoms with Crippen molar-refractivity contribution in [2.75, 3.05) is 6.54 Å². The third-order valence-electron chi connectivity index (χ3n) is 4.23. The van der Waals surface area contributed by atoms with Gasteiger partial charge in [-0.2, -0.15) is 0 Å². The van der Waals surface area contributed by atoms with Crippen molar-refractivity contribution in [1.29, 1.82) is 0 Å². The van der Waals surface area contributed by atoms with Crippen LogP contribution in [0.1, 0.15) is 42.4 Å². The molecule has 0 aliphatic heterocycles. The molecule has 7 heteroatoms. The lowest BCUT2D eigenvalue weighted by molar-refractivity contribution is -0.137. The van der Waals surface area contributed by atoms with E-state index in [1.807, 2.05) is 0 Å². The molecule has 1 amide bonds. The van der Waals surface area contributed by atoms with Crippen molar-refractivity contribution in [3.8, 4) is 5.75 Å². The molecule has 0 radical (unpaired) electrons. The van der Waals surface area contributed by atoms with Gasteiger partial charge < -0.3 is 19.9 Å². The second-order valence-corrected chi connectivity index (χ2v) is 6.38. The number of fused-ring (bicyclic) bond motifs is 1. The van der Waals surface area contributed by atoms with Crippen LogP contribution >= 0.6 is 0 Å². The van der Waals surface area contributed by atoms with Gasteiger partial charge in [0.2, 0.25) is 5.91 Å². The molecule has 0 bridgehead atoms. The number of hydrogen-bond acceptors (Lipinski definition) is 5. The Bertz CT molecular complexity index is 884. The first-order valence-electron chi connectivity index (χ1n) is 8.54. The maximum absolute atomic E-state index is 12.2. The van der Waals surface area contributed by atoms with E-state index in [1.54, 1.807) is 26.0 Å². The second-order valence-electron chi connectivity index (χ2n) is 6.38. The second kappa shape index (κ2) is 8.51. The average Bonchev–Trinajstić information content (AvgIpc) is 2.53. The topological polar surface area (TPSA) is 117 Å². The van der Waals surface area contributed by atoms with Gasteiger partial charge in [-0.1, -0.05) is 6.42 Å². The molecule has 0 saturated heterocycles. The fourth-order valence-corrected chi connectivity index (χ4v) is 2.89. The smallest absolute Gasteiger partial charge is 0.340 e. The minimum Gasteiger partial charge on any atom is -0.507 e. The molecule has 0 fully saturated rings. The van der Waals surface area contributed by atoms with Gasteiger partial charge in [0, 0.05) is 13.0 Å². The predicted molar refractivity (Wildman–Crippen MR) is 96.4 cm³/mol. The molecule has 0 atom stereocenters. The maximum atomic E-state index is 12.2. The van der Waals surface area contributed by atoms with Crippen LogP contribution in [-0.4, -0.2) is 28.6 Å². The Morgan fingerprint density at radius 1 is 1.15 bits per heavy atom. The average molecular weight is 361 g/mol. The van der Waals surface area contributed by atoms with Crippen LogP contribution in [-0.2, 0) is 16.0 Å². The summed E-state index contributed by atoms with van der Waals surface area (Å²) in [4.78, 5) is 34.7. The number of carboxylic acids is 1. The number of rotatable bonds is 8. The lowest BCUT2D eigenvalue weighted by atomic mass is 10.0. The molecule has 0 unspecified atom stereocenters. The molecule has 1 aromatic carbocycles. The number of phenolic OH excluding ortho intramolecular Hbond substituents is 1. The number of hydrogen-bond donors (Lipinski definition) is 3. The summed E-state index contributed by atoms with van der Waals surface area (Å²) in [7, 11) is 0. The Labute approximate surface area is 150 Å². The standard InChI is InChI=1S/C19H23NO6/c1-11-8-14(21)18-12(2)13(19(25)26-15(18)9-11)10-16(22)20-7-5-3-4-6-17(23)24/h8-9,21H,3-7,10H2,1-2H3,(H,20,22)(H,23,24). The van der Waals surface area contributed by atoms with E-state index in [9.17, 15) is 19.5 Å². The summed E-state index contributed by atoms with van der Waals surface area (Å²) in [5, 5.41) is 21.9. The summed E-state index contributed by atoms with van der Waals surface area (Å²) in [5.74, 6) is -1.13. The normalized spacial score (nSPS) is 10.8. The van der Waals surface area contributed by atoms with Gasteiger partial charge in [0.15, 0.2) is 0 Å². The van der Waals surface area contributed by atoms with Gasteiger partial charge >= 0.3 is 11.6 Å². The molecule has 0 saturated carbocycles. The Morgan fingerprint density at radius 2 is 1.88 bits per heavy atom. The van der Waals surface area contributed by atoms with Crippen molar-refractivity contribution in [2.24, 2.45) is 0 Å². The number of carbonyl (C=O) groups is 2. The highest BCUT2D eigenvalue weighted by atomic mass is 16.4. The van der Waals surface area contributed by atoms with Crippen molar-refractivity contribution >= 4 is 22.8 Å². The maximum Gasteiger partial charge on any atom is 0.340 e. The molecule has 2 aromatic rings. The minimum absolute atomic E-state index is 0.0151. The quantitative estimate of drug-likeness (QED) is 0.491. The first kappa shape index (κ1) is 19.5. The zero-order chi connectivity index (χ0) is 19.3. The number of carbonyl (C=O) groups excluding carboxylic acids is 1. The highest BCUT2D eigenvalue weighted by molar-refractivity contribution is 5.89. The number of aliphatic carboxylic acids is 1. The number of benzene rings is 1. The van der Waals surface area contributed by atoms with Crippen LogP contribution < -0.4 is 10.9 Å². The monoisotopic (exact) mass is 361 g/mol. The summed E-state index contributed by atoms with van der Waals surface area (Å²) in [6.07, 6.45) is 1.93. The fourth-order valence-electron chi connectivity index (χ4n) is 2.89. The van der Waals surface area contributed by atoms with Crippen LogP contribution in [0.3, 0.4) is 0 Å². The van der Waals surface area contributed by atoms with Gasteiger partial charge in [-0.25, -0.2) is 4.79 Å². The zero-order valence-corrected chi connectivity index (χ0v) is 14.9. The molecule has 7 nitrogen and oxygen atoms in total. The van der Waals surface area contributed by atoms with E-state index >= 15 is 0 Å². The van der Waals surface area contributed by atoms with Crippen LogP contribution in [0, 0.1) is 13.8 Å². The third kappa shape index (κ3) is 4.84. The minimum atomic E-state index is -0.828. The van der Waals surface area contributed by atoms with Crippen molar-refractivity contribution in [1.82, 2.24) is 5.32 Å². The third-order valence-corrected chi connectivity index (χ3v) is 4.23. The summed E-state index contributed by atoms with van der Waals surface area (Å²) in [6, 6.07) is 3.25. The fraction of sp³-hybridized carbons (Fsp3) is 0.421. The highest BCUT2D eigenvalue weighted by Gasteiger charge is 2.17. The van der Waals surface area contributed by atoms with Crippen molar-refractivity contribution in [3.05, 3.63) is 39.2 Å². The van der Waals surface area contributed by atoms with Gasteiger partial charge in [-0.05, 0) is 49.9 Å². The summed E-state index contributed by atoms with van der Waals surface area (Å²) in [5.41, 5.74) is 1.24. The molecule has 0 spiro atoms. The van der Waals surface area contributed by atoms with Crippen molar-refractivity contribution in [3.63, 3.8) is 0 Å². The molecule has 1 aromatic heterocycles. The van der Waals surface area contributed by atoms with E-state index in [2.05, 4.69) is 5.32 Å². The lowest BCUT2D eigenvalue weighted by Gasteiger charge is -2.10. The molecule has 1 heterocycles. The Balaban J connectivity index is 2.03. The number of phenols is 1. The predicted octanol–water partition coefficient (Wildman–Crippen LogP) is 2.42. The summed E-state index contributed by atoms with van der Waals surface area (Å²) < 4.78 is 5.27. The highest BCUT2D eigenvalue weighted by Crippen LogP contribution is 2.29. The molecular weight excluding hydrogens is 338 g/mol. The van der Waals surface area contributed by atoms with E-state index in [0.29, 0.717) is 42.3 Å². The van der Waals surface area contributed by atoms with Gasteiger partial charge in [-0.3, -0.25) is 9.59 Å². The first-order chi connectivity index (χ1) is 12.3. The Kier molecular flexibility index (Phi) is 6.38. The van der Waals surface area contributed by atoms with E-state index in [1.165, 1.54) is 0 Å². The molecule has 26 heavy (non-hydrogen) atoms. The Hall–Kier alpha value is -2.83. The number of aromatic hydroxyl groups is 1. The molecule has 0 aliphatic rings. The molecule has 3 N–H and O–H groups in total. The largest absolute Gasteiger partial charge is 0.507 e. The van der Waals surface area contributed by atoms with Crippen LogP contribution in [0.25, 0.3) is 11.0 Å². The van der Waals surface area contributed by atoms with Gasteiger partial charge in [0.25, 0.3) is 0 Å². The van der Waals surface area contributed by atoms with Crippen LogP contribution in [0.2, 0.25) is 0 Å². The zero-order valence-electron chi connectivity index (χ0n) is 14.9. The molecule has 140 valence electrons. The number of unbranched alkanes of at least 4 members (excludes halogenated alkanes) is 2. The number of amides is 1. The van der Waals surface area contributed by atoms with E-state index in [0.717, 1.165) is 5.56 Å². The number of nitrogens with one attached hydrogen (secondary N) is 1. The van der Waals surface area contributed by atoms with E-state index in [4.69, 9.17) is 9.52 Å². The van der Waals surface area contributed by atoms with Crippen LogP contribution in [0.5, 0.6) is 5.75 Å². The van der Waals surface area contributed by atoms with E-state index < -0.39 is 11.6 Å². The first-order valence-corrected chi connectivity index (χ1v) is 8.54. The van der Waals surface area contributed by atoms with Crippen molar-refractivity contribution in [2.45, 2.75) is 46.0 Å². The van der Waals surface area contributed by atoms with E-state index in [-0.39, 0.29) is 30.1 Å². The molecule has 2 rings (SSSR count). The SMILES string of the molecule is Cc1cc(O)c2c(C)c(CC(=O)NCCCCCC(=O)O)c(=O)oc2c1. The van der Waals surface area contributed by atoms with Crippen molar-refractivity contribution < 1.29 is 24.2 Å². The number of aryl methyl sites for hydroxylation is 2. The van der Waals surface area contributed by atoms with Gasteiger partial charge in [0.05, 0.1) is 17.4 Å². The summed E-state index contributed by atoms with van der Waals surface area (Å²) >= 11 is 0. The molecular formula is C19H23NO6. The lowest BCUT2D eigenvalue weighted by Crippen LogP contribution is -2.28. The van der Waals surface area contributed by atoms with Gasteiger partial charge in [0.1, 0.15) is 11.3 Å². The van der Waals surface area contributed by atoms with Crippen LogP contribution in [0.4, 0.5) is 0 Å². The Morgan fingerprint density at radius 3 is 2.58 bits per heavy atom. The molecule has 0 aliphatic carbocycles. The van der Waals surface area contributed by atoms with Crippen LogP contribution in [0.15, 0.2) is 21.3 Å². The van der Waals surface area contributed by atoms with Gasteiger partial charge in [-0.15, -0.1) is 0 Å².